The highest BCUT2D eigenvalue weighted by molar-refractivity contribution is 5.94. The van der Waals surface area contributed by atoms with Gasteiger partial charge >= 0.3 is 0 Å². The SMILES string of the molecule is COc1ccc(OCCn2ccc(=O)c(OC(C)C(=O)Nc3ccc(OC)c(OC)c3)c2C)cc1. The number of pyridine rings is 1. The number of nitrogens with zero attached hydrogens (tertiary/aromatic N) is 1. The molecule has 0 bridgehead atoms. The van der Waals surface area contributed by atoms with Crippen LogP contribution in [0.25, 0.3) is 0 Å². The van der Waals surface area contributed by atoms with Crippen molar-refractivity contribution in [3.63, 3.8) is 0 Å². The van der Waals surface area contributed by atoms with Gasteiger partial charge in [0.1, 0.15) is 18.1 Å². The molecule has 1 unspecified atom stereocenters. The van der Waals surface area contributed by atoms with Crippen molar-refractivity contribution in [3.05, 3.63) is 70.6 Å². The van der Waals surface area contributed by atoms with Crippen LogP contribution in [-0.2, 0) is 11.3 Å². The Balaban J connectivity index is 1.64. The van der Waals surface area contributed by atoms with Crippen LogP contribution in [0, 0.1) is 6.92 Å². The van der Waals surface area contributed by atoms with Crippen molar-refractivity contribution in [2.45, 2.75) is 26.5 Å². The summed E-state index contributed by atoms with van der Waals surface area (Å²) in [7, 11) is 4.65. The Bertz CT molecular complexity index is 1210. The predicted octanol–water partition coefficient (Wildman–Crippen LogP) is 3.67. The summed E-state index contributed by atoms with van der Waals surface area (Å²) in [6, 6.07) is 13.7. The Hall–Kier alpha value is -4.14. The molecule has 1 atom stereocenters. The Morgan fingerprint density at radius 1 is 0.943 bits per heavy atom. The largest absolute Gasteiger partial charge is 0.497 e. The molecule has 35 heavy (non-hydrogen) atoms. The van der Waals surface area contributed by atoms with Gasteiger partial charge in [0.15, 0.2) is 23.4 Å². The molecular formula is C26H30N2O7. The molecule has 0 aliphatic carbocycles. The van der Waals surface area contributed by atoms with Crippen LogP contribution in [0.2, 0.25) is 0 Å². The van der Waals surface area contributed by atoms with Gasteiger partial charge in [-0.25, -0.2) is 0 Å². The summed E-state index contributed by atoms with van der Waals surface area (Å²) < 4.78 is 29.0. The van der Waals surface area contributed by atoms with Crippen LogP contribution in [0.15, 0.2) is 59.5 Å². The van der Waals surface area contributed by atoms with Crippen molar-refractivity contribution in [1.29, 1.82) is 0 Å². The quantitative estimate of drug-likeness (QED) is 0.445. The Morgan fingerprint density at radius 3 is 2.29 bits per heavy atom. The summed E-state index contributed by atoms with van der Waals surface area (Å²) in [6.45, 7) is 4.22. The van der Waals surface area contributed by atoms with E-state index < -0.39 is 12.0 Å². The van der Waals surface area contributed by atoms with E-state index in [0.717, 1.165) is 5.75 Å². The van der Waals surface area contributed by atoms with Gasteiger partial charge < -0.3 is 33.6 Å². The summed E-state index contributed by atoms with van der Waals surface area (Å²) in [6.07, 6.45) is 0.761. The number of nitrogens with one attached hydrogen (secondary N) is 1. The lowest BCUT2D eigenvalue weighted by atomic mass is 10.2. The van der Waals surface area contributed by atoms with Gasteiger partial charge in [-0.05, 0) is 50.2 Å². The average Bonchev–Trinajstić information content (AvgIpc) is 2.87. The minimum atomic E-state index is -0.916. The second kappa shape index (κ2) is 11.8. The number of hydrogen-bond donors (Lipinski definition) is 1. The number of hydrogen-bond acceptors (Lipinski definition) is 7. The molecule has 1 amide bonds. The number of aromatic nitrogens is 1. The molecule has 3 rings (SSSR count). The van der Waals surface area contributed by atoms with E-state index in [1.807, 2.05) is 28.8 Å². The van der Waals surface area contributed by atoms with Gasteiger partial charge in [-0.1, -0.05) is 0 Å². The van der Waals surface area contributed by atoms with Crippen molar-refractivity contribution in [2.75, 3.05) is 33.3 Å². The summed E-state index contributed by atoms with van der Waals surface area (Å²) in [4.78, 5) is 25.2. The van der Waals surface area contributed by atoms with Gasteiger partial charge in [0.25, 0.3) is 5.91 Å². The van der Waals surface area contributed by atoms with Crippen LogP contribution in [-0.4, -0.2) is 44.5 Å². The van der Waals surface area contributed by atoms with Crippen molar-refractivity contribution in [2.24, 2.45) is 0 Å². The van der Waals surface area contributed by atoms with Gasteiger partial charge in [0.05, 0.1) is 33.6 Å². The third kappa shape index (κ3) is 6.47. The van der Waals surface area contributed by atoms with Crippen LogP contribution in [0.5, 0.6) is 28.7 Å². The molecule has 0 saturated heterocycles. The normalized spacial score (nSPS) is 11.3. The van der Waals surface area contributed by atoms with E-state index in [2.05, 4.69) is 5.32 Å². The molecule has 0 saturated carbocycles. The summed E-state index contributed by atoms with van der Waals surface area (Å²) in [5.41, 5.74) is 0.808. The maximum Gasteiger partial charge on any atom is 0.265 e. The fourth-order valence-electron chi connectivity index (χ4n) is 3.36. The number of ether oxygens (including phenoxy) is 5. The molecule has 0 aliphatic rings. The highest BCUT2D eigenvalue weighted by Crippen LogP contribution is 2.30. The van der Waals surface area contributed by atoms with Crippen molar-refractivity contribution >= 4 is 11.6 Å². The Kier molecular flexibility index (Phi) is 8.61. The molecule has 9 heteroatoms. The smallest absolute Gasteiger partial charge is 0.265 e. The second-order valence-electron chi connectivity index (χ2n) is 7.63. The zero-order valence-corrected chi connectivity index (χ0v) is 20.5. The monoisotopic (exact) mass is 482 g/mol. The first-order chi connectivity index (χ1) is 16.9. The molecule has 0 aliphatic heterocycles. The van der Waals surface area contributed by atoms with Crippen molar-refractivity contribution < 1.29 is 28.5 Å². The van der Waals surface area contributed by atoms with Gasteiger partial charge in [-0.2, -0.15) is 0 Å². The molecule has 0 spiro atoms. The lowest BCUT2D eigenvalue weighted by Gasteiger charge is -2.19. The molecule has 186 valence electrons. The topological polar surface area (TPSA) is 97.2 Å². The van der Waals surface area contributed by atoms with Crippen molar-refractivity contribution in [1.82, 2.24) is 4.57 Å². The first-order valence-electron chi connectivity index (χ1n) is 11.0. The summed E-state index contributed by atoms with van der Waals surface area (Å²) in [5.74, 6) is 2.20. The number of rotatable bonds is 11. The molecule has 0 fully saturated rings. The predicted molar refractivity (Wildman–Crippen MR) is 132 cm³/mol. The van der Waals surface area contributed by atoms with Crippen molar-refractivity contribution in [3.8, 4) is 28.7 Å². The third-order valence-electron chi connectivity index (χ3n) is 5.36. The molecule has 2 aromatic carbocycles. The van der Waals surface area contributed by atoms with E-state index in [0.29, 0.717) is 41.8 Å². The zero-order valence-electron chi connectivity index (χ0n) is 20.5. The third-order valence-corrected chi connectivity index (χ3v) is 5.36. The lowest BCUT2D eigenvalue weighted by molar-refractivity contribution is -0.122. The Morgan fingerprint density at radius 2 is 1.63 bits per heavy atom. The number of amides is 1. The minimum Gasteiger partial charge on any atom is -0.497 e. The lowest BCUT2D eigenvalue weighted by Crippen LogP contribution is -2.32. The number of carbonyl (C=O) groups is 1. The standard InChI is InChI=1S/C26H30N2O7/c1-17-25(35-18(2)26(30)27-19-6-11-23(32-4)24(16-19)33-5)22(29)12-13-28(17)14-15-34-21-9-7-20(31-3)8-10-21/h6-13,16,18H,14-15H2,1-5H3,(H,27,30). The van der Waals surface area contributed by atoms with E-state index in [1.165, 1.54) is 20.3 Å². The van der Waals surface area contributed by atoms with Gasteiger partial charge in [0, 0.05) is 24.0 Å². The van der Waals surface area contributed by atoms with E-state index in [-0.39, 0.29) is 11.2 Å². The molecular weight excluding hydrogens is 452 g/mol. The maximum atomic E-state index is 12.7. The maximum absolute atomic E-state index is 12.7. The first kappa shape index (κ1) is 25.5. The first-order valence-corrected chi connectivity index (χ1v) is 11.0. The molecule has 3 aromatic rings. The van der Waals surface area contributed by atoms with Gasteiger partial charge in [0.2, 0.25) is 5.43 Å². The fourth-order valence-corrected chi connectivity index (χ4v) is 3.36. The molecule has 1 N–H and O–H groups in total. The molecule has 1 heterocycles. The van der Waals surface area contributed by atoms with Crippen LogP contribution >= 0.6 is 0 Å². The van der Waals surface area contributed by atoms with Crippen LogP contribution in [0.1, 0.15) is 12.6 Å². The van der Waals surface area contributed by atoms with Crippen LogP contribution in [0.4, 0.5) is 5.69 Å². The van der Waals surface area contributed by atoms with Crippen LogP contribution < -0.4 is 34.4 Å². The number of carbonyl (C=O) groups excluding carboxylic acids is 1. The minimum absolute atomic E-state index is 0.118. The van der Waals surface area contributed by atoms with Crippen LogP contribution in [0.3, 0.4) is 0 Å². The number of anilines is 1. The van der Waals surface area contributed by atoms with E-state index in [1.54, 1.807) is 45.4 Å². The average molecular weight is 483 g/mol. The van der Waals surface area contributed by atoms with E-state index in [9.17, 15) is 9.59 Å². The van der Waals surface area contributed by atoms with E-state index >= 15 is 0 Å². The number of benzene rings is 2. The second-order valence-corrected chi connectivity index (χ2v) is 7.63. The van der Waals surface area contributed by atoms with Gasteiger partial charge in [-0.3, -0.25) is 9.59 Å². The Labute approximate surface area is 204 Å². The fraction of sp³-hybridized carbons (Fsp3) is 0.308. The molecule has 9 nitrogen and oxygen atoms in total. The highest BCUT2D eigenvalue weighted by Gasteiger charge is 2.19. The summed E-state index contributed by atoms with van der Waals surface area (Å²) >= 11 is 0. The highest BCUT2D eigenvalue weighted by atomic mass is 16.5. The number of methoxy groups -OCH3 is 3. The van der Waals surface area contributed by atoms with E-state index in [4.69, 9.17) is 23.7 Å². The molecule has 0 radical (unpaired) electrons. The molecule has 1 aromatic heterocycles. The zero-order chi connectivity index (χ0) is 25.4. The summed E-state index contributed by atoms with van der Waals surface area (Å²) in [5, 5.41) is 2.76. The van der Waals surface area contributed by atoms with Gasteiger partial charge in [-0.15, -0.1) is 0 Å².